The topological polar surface area (TPSA) is 102 Å². The third-order valence-electron chi connectivity index (χ3n) is 4.67. The van der Waals surface area contributed by atoms with Crippen LogP contribution in [0, 0.1) is 0 Å². The fourth-order valence-corrected chi connectivity index (χ4v) is 3.19. The quantitative estimate of drug-likeness (QED) is 0.537. The Hall–Kier alpha value is -3.94. The van der Waals surface area contributed by atoms with Crippen LogP contribution < -0.4 is 20.1 Å². The van der Waals surface area contributed by atoms with Crippen LogP contribution in [0.25, 0.3) is 0 Å². The zero-order valence-corrected chi connectivity index (χ0v) is 16.8. The Morgan fingerprint density at radius 2 is 2.03 bits per heavy atom. The lowest BCUT2D eigenvalue weighted by Crippen LogP contribution is -2.18. The summed E-state index contributed by atoms with van der Waals surface area (Å²) in [4.78, 5) is 31.7. The first kappa shape index (κ1) is 20.3. The highest BCUT2D eigenvalue weighted by Gasteiger charge is 2.15. The van der Waals surface area contributed by atoms with Crippen molar-refractivity contribution in [2.75, 3.05) is 17.2 Å². The highest BCUT2D eigenvalue weighted by Crippen LogP contribution is 2.27. The molecule has 0 atom stereocenters. The molecule has 1 aliphatic heterocycles. The normalized spacial score (nSPS) is 12.5. The predicted octanol–water partition coefficient (Wildman–Crippen LogP) is 3.95. The largest absolute Gasteiger partial charge is 0.494 e. The average Bonchev–Trinajstić information content (AvgIpc) is 2.78. The van der Waals surface area contributed by atoms with Crippen molar-refractivity contribution < 1.29 is 19.1 Å². The number of ether oxygens (including phenoxy) is 2. The molecule has 0 radical (unpaired) electrons. The van der Waals surface area contributed by atoms with Crippen molar-refractivity contribution in [2.45, 2.75) is 25.7 Å². The summed E-state index contributed by atoms with van der Waals surface area (Å²) in [5.41, 5.74) is 2.55. The summed E-state index contributed by atoms with van der Waals surface area (Å²) in [6.07, 6.45) is 6.74. The molecule has 1 aliphatic rings. The lowest BCUT2D eigenvalue weighted by Gasteiger charge is -2.17. The molecule has 8 heteroatoms. The smallest absolute Gasteiger partial charge is 0.237 e. The molecule has 4 rings (SSSR count). The van der Waals surface area contributed by atoms with Crippen LogP contribution in [-0.4, -0.2) is 28.4 Å². The summed E-state index contributed by atoms with van der Waals surface area (Å²) in [6.45, 7) is 0.425. The molecule has 2 amide bonds. The van der Waals surface area contributed by atoms with Gasteiger partial charge in [-0.1, -0.05) is 6.07 Å². The summed E-state index contributed by atoms with van der Waals surface area (Å²) in [6, 6.07) is 12.7. The number of amides is 2. The van der Waals surface area contributed by atoms with E-state index in [9.17, 15) is 9.59 Å². The first-order valence-corrected chi connectivity index (χ1v) is 10.0. The van der Waals surface area contributed by atoms with E-state index in [-0.39, 0.29) is 11.8 Å². The van der Waals surface area contributed by atoms with Crippen molar-refractivity contribution >= 4 is 23.2 Å². The van der Waals surface area contributed by atoms with Gasteiger partial charge in [0.15, 0.2) is 0 Å². The fourth-order valence-electron chi connectivity index (χ4n) is 3.19. The van der Waals surface area contributed by atoms with Gasteiger partial charge in [0.2, 0.25) is 17.7 Å². The zero-order valence-electron chi connectivity index (χ0n) is 16.8. The Kier molecular flexibility index (Phi) is 6.37. The van der Waals surface area contributed by atoms with Crippen LogP contribution in [0.2, 0.25) is 0 Å². The van der Waals surface area contributed by atoms with E-state index in [1.165, 1.54) is 6.20 Å². The van der Waals surface area contributed by atoms with Gasteiger partial charge < -0.3 is 20.1 Å². The number of anilines is 2. The minimum Gasteiger partial charge on any atom is -0.494 e. The maximum Gasteiger partial charge on any atom is 0.237 e. The Bertz CT molecular complexity index is 1070. The summed E-state index contributed by atoms with van der Waals surface area (Å²) in [7, 11) is 0. The Balaban J connectivity index is 1.22. The number of rotatable bonds is 8. The van der Waals surface area contributed by atoms with Crippen LogP contribution in [-0.2, 0) is 16.0 Å². The van der Waals surface area contributed by atoms with Gasteiger partial charge in [0.05, 0.1) is 12.8 Å². The highest BCUT2D eigenvalue weighted by atomic mass is 16.5. The molecule has 31 heavy (non-hydrogen) atoms. The maximum absolute atomic E-state index is 12.2. The van der Waals surface area contributed by atoms with E-state index in [0.29, 0.717) is 49.6 Å². The Morgan fingerprint density at radius 1 is 1.10 bits per heavy atom. The van der Waals surface area contributed by atoms with E-state index in [1.54, 1.807) is 36.7 Å². The van der Waals surface area contributed by atoms with Gasteiger partial charge in [-0.2, -0.15) is 0 Å². The summed E-state index contributed by atoms with van der Waals surface area (Å²) >= 11 is 0. The number of benzene rings is 2. The van der Waals surface area contributed by atoms with E-state index in [1.807, 2.05) is 18.2 Å². The number of hydrogen-bond acceptors (Lipinski definition) is 6. The number of fused-ring (bicyclic) bond motifs is 1. The number of nitrogens with one attached hydrogen (secondary N) is 2. The van der Waals surface area contributed by atoms with Crippen molar-refractivity contribution in [1.82, 2.24) is 9.97 Å². The van der Waals surface area contributed by atoms with Gasteiger partial charge in [0.1, 0.15) is 11.5 Å². The Morgan fingerprint density at radius 3 is 2.90 bits per heavy atom. The minimum absolute atomic E-state index is 0.0398. The van der Waals surface area contributed by atoms with Crippen LogP contribution in [0.15, 0.2) is 61.1 Å². The van der Waals surface area contributed by atoms with Crippen LogP contribution in [0.5, 0.6) is 17.4 Å². The number of carbonyl (C=O) groups excluding carboxylic acids is 2. The summed E-state index contributed by atoms with van der Waals surface area (Å²) in [5, 5.41) is 5.71. The summed E-state index contributed by atoms with van der Waals surface area (Å²) < 4.78 is 11.4. The molecule has 2 heterocycles. The van der Waals surface area contributed by atoms with Gasteiger partial charge >= 0.3 is 0 Å². The van der Waals surface area contributed by atoms with Gasteiger partial charge in [-0.15, -0.1) is 0 Å². The SMILES string of the molecule is O=C(CCCOc1ccc2c(c1)CCC(=O)N2)Nc1cccc(Oc2cnccn2)c1. The van der Waals surface area contributed by atoms with Gasteiger partial charge in [-0.3, -0.25) is 14.6 Å². The molecule has 2 N–H and O–H groups in total. The number of aromatic nitrogens is 2. The van der Waals surface area contributed by atoms with Crippen molar-refractivity contribution in [3.63, 3.8) is 0 Å². The fraction of sp³-hybridized carbons (Fsp3) is 0.217. The molecule has 1 aromatic heterocycles. The molecule has 0 saturated heterocycles. The molecular weight excluding hydrogens is 396 g/mol. The van der Waals surface area contributed by atoms with Gasteiger partial charge in [-0.25, -0.2) is 4.98 Å². The van der Waals surface area contributed by atoms with Gasteiger partial charge in [0, 0.05) is 42.7 Å². The van der Waals surface area contributed by atoms with Crippen LogP contribution in [0.1, 0.15) is 24.8 Å². The van der Waals surface area contributed by atoms with E-state index in [2.05, 4.69) is 20.6 Å². The minimum atomic E-state index is -0.103. The number of hydrogen-bond donors (Lipinski definition) is 2. The van der Waals surface area contributed by atoms with Crippen molar-refractivity contribution in [1.29, 1.82) is 0 Å². The zero-order chi connectivity index (χ0) is 21.5. The second-order valence-corrected chi connectivity index (χ2v) is 7.04. The first-order chi connectivity index (χ1) is 15.2. The highest BCUT2D eigenvalue weighted by molar-refractivity contribution is 5.94. The molecular formula is C23H22N4O4. The molecule has 0 aliphatic carbocycles. The molecule has 2 aromatic carbocycles. The Labute approximate surface area is 179 Å². The third-order valence-corrected chi connectivity index (χ3v) is 4.67. The van der Waals surface area contributed by atoms with E-state index < -0.39 is 0 Å². The average molecular weight is 418 g/mol. The second kappa shape index (κ2) is 9.71. The number of carbonyl (C=O) groups is 2. The molecule has 0 unspecified atom stereocenters. The van der Waals surface area contributed by atoms with E-state index >= 15 is 0 Å². The van der Waals surface area contributed by atoms with E-state index in [0.717, 1.165) is 17.0 Å². The van der Waals surface area contributed by atoms with Crippen molar-refractivity contribution in [3.05, 3.63) is 66.6 Å². The van der Waals surface area contributed by atoms with Crippen molar-refractivity contribution in [3.8, 4) is 17.4 Å². The van der Waals surface area contributed by atoms with Gasteiger partial charge in [-0.05, 0) is 48.7 Å². The molecule has 8 nitrogen and oxygen atoms in total. The monoisotopic (exact) mass is 418 g/mol. The lowest BCUT2D eigenvalue weighted by atomic mass is 10.0. The first-order valence-electron chi connectivity index (χ1n) is 10.0. The van der Waals surface area contributed by atoms with Crippen molar-refractivity contribution in [2.24, 2.45) is 0 Å². The molecule has 0 fully saturated rings. The molecule has 0 bridgehead atoms. The maximum atomic E-state index is 12.2. The van der Waals surface area contributed by atoms with Crippen LogP contribution in [0.4, 0.5) is 11.4 Å². The third kappa shape index (κ3) is 5.79. The molecule has 0 saturated carbocycles. The predicted molar refractivity (Wildman–Crippen MR) is 115 cm³/mol. The molecule has 3 aromatic rings. The van der Waals surface area contributed by atoms with Gasteiger partial charge in [0.25, 0.3) is 0 Å². The van der Waals surface area contributed by atoms with Crippen LogP contribution in [0.3, 0.4) is 0 Å². The number of nitrogens with zero attached hydrogens (tertiary/aromatic N) is 2. The lowest BCUT2D eigenvalue weighted by molar-refractivity contribution is -0.117. The molecule has 158 valence electrons. The van der Waals surface area contributed by atoms with Crippen LogP contribution >= 0.6 is 0 Å². The van der Waals surface area contributed by atoms with E-state index in [4.69, 9.17) is 9.47 Å². The second-order valence-electron chi connectivity index (χ2n) is 7.04. The number of aryl methyl sites for hydroxylation is 1. The molecule has 0 spiro atoms. The summed E-state index contributed by atoms with van der Waals surface area (Å²) in [5.74, 6) is 1.62. The standard InChI is InChI=1S/C23H22N4O4/c28-21(26-17-3-1-4-19(14-17)31-23-15-24-10-11-25-23)5-2-12-30-18-7-8-20-16(13-18)6-9-22(29)27-20/h1,3-4,7-8,10-11,13-15H,2,5-6,9,12H2,(H,26,28)(H,27,29).